The Kier molecular flexibility index (Phi) is 9.54. The van der Waals surface area contributed by atoms with Crippen molar-refractivity contribution in [3.05, 3.63) is 93.2 Å². The first-order valence-corrected chi connectivity index (χ1v) is 12.7. The van der Waals surface area contributed by atoms with Crippen molar-refractivity contribution in [2.75, 3.05) is 38.7 Å². The third-order valence-electron chi connectivity index (χ3n) is 6.13. The number of alkyl halides is 1. The van der Waals surface area contributed by atoms with Crippen molar-refractivity contribution in [1.82, 2.24) is 20.2 Å². The number of ether oxygens (including phenoxy) is 1. The molecule has 0 aliphatic carbocycles. The molecule has 0 saturated carbocycles. The van der Waals surface area contributed by atoms with E-state index in [9.17, 15) is 9.90 Å². The molecule has 0 amide bonds. The largest absolute Gasteiger partial charge is 0.502 e. The number of halogens is 1. The highest BCUT2D eigenvalue weighted by molar-refractivity contribution is 6.17. The Balaban J connectivity index is 1.42. The van der Waals surface area contributed by atoms with Crippen molar-refractivity contribution >= 4 is 11.6 Å². The summed E-state index contributed by atoms with van der Waals surface area (Å²) in [6.07, 6.45) is 2.49. The average Bonchev–Trinajstić information content (AvgIpc) is 2.91. The lowest BCUT2D eigenvalue weighted by Crippen LogP contribution is -2.35. The van der Waals surface area contributed by atoms with Crippen LogP contribution in [-0.2, 0) is 17.7 Å². The zero-order chi connectivity index (χ0) is 25.2. The Labute approximate surface area is 216 Å². The summed E-state index contributed by atoms with van der Waals surface area (Å²) < 4.78 is 5.41. The molecule has 188 valence electrons. The topological polar surface area (TPSA) is 90.5 Å². The standard InChI is InChI=1S/C28H31ClN4O3/c29-12-1-13-30-25(18-26-27(34)28(35)32-20-31-26)24-10-8-22(9-11-24)3-2-21-4-6-23(7-5-21)19-33-14-16-36-17-15-33/h4-11,20,25,30,34H,1,12-19H2,(H,31,32,35). The van der Waals surface area contributed by atoms with E-state index in [1.807, 2.05) is 24.3 Å². The van der Waals surface area contributed by atoms with Gasteiger partial charge in [0.05, 0.1) is 25.2 Å². The summed E-state index contributed by atoms with van der Waals surface area (Å²) in [6.45, 7) is 5.20. The van der Waals surface area contributed by atoms with Crippen LogP contribution in [0.25, 0.3) is 0 Å². The summed E-state index contributed by atoms with van der Waals surface area (Å²) in [5.74, 6) is 6.68. The van der Waals surface area contributed by atoms with Gasteiger partial charge in [-0.1, -0.05) is 36.1 Å². The molecule has 1 aliphatic rings. The molecule has 3 N–H and O–H groups in total. The number of hydrogen-bond acceptors (Lipinski definition) is 6. The summed E-state index contributed by atoms with van der Waals surface area (Å²) in [4.78, 5) is 20.7. The fraction of sp³-hybridized carbons (Fsp3) is 0.357. The second kappa shape index (κ2) is 13.2. The normalized spacial score (nSPS) is 14.7. The minimum Gasteiger partial charge on any atom is -0.502 e. The molecule has 0 radical (unpaired) electrons. The van der Waals surface area contributed by atoms with Gasteiger partial charge < -0.3 is 20.1 Å². The molecular weight excluding hydrogens is 476 g/mol. The molecule has 1 unspecified atom stereocenters. The van der Waals surface area contributed by atoms with Crippen LogP contribution in [-0.4, -0.2) is 58.7 Å². The number of nitrogens with zero attached hydrogens (tertiary/aromatic N) is 2. The lowest BCUT2D eigenvalue weighted by atomic mass is 9.99. The Bertz CT molecular complexity index is 1230. The number of H-pyrrole nitrogens is 1. The van der Waals surface area contributed by atoms with Gasteiger partial charge in [0.2, 0.25) is 5.75 Å². The van der Waals surface area contributed by atoms with Gasteiger partial charge in [-0.15, -0.1) is 11.6 Å². The van der Waals surface area contributed by atoms with Crippen molar-refractivity contribution in [2.24, 2.45) is 0 Å². The first-order chi connectivity index (χ1) is 17.6. The first kappa shape index (κ1) is 25.9. The summed E-state index contributed by atoms with van der Waals surface area (Å²) in [6, 6.07) is 16.3. The summed E-state index contributed by atoms with van der Waals surface area (Å²) in [5.41, 5.74) is 3.99. The van der Waals surface area contributed by atoms with Gasteiger partial charge in [-0.3, -0.25) is 9.69 Å². The number of morpholine rings is 1. The highest BCUT2D eigenvalue weighted by atomic mass is 35.5. The Morgan fingerprint density at radius 1 is 1.08 bits per heavy atom. The first-order valence-electron chi connectivity index (χ1n) is 12.2. The fourth-order valence-electron chi connectivity index (χ4n) is 4.08. The van der Waals surface area contributed by atoms with Gasteiger partial charge >= 0.3 is 0 Å². The van der Waals surface area contributed by atoms with Crippen LogP contribution < -0.4 is 10.9 Å². The molecule has 1 aliphatic heterocycles. The lowest BCUT2D eigenvalue weighted by molar-refractivity contribution is 0.0342. The molecule has 1 atom stereocenters. The number of aromatic amines is 1. The number of benzene rings is 2. The molecule has 36 heavy (non-hydrogen) atoms. The van der Waals surface area contributed by atoms with Crippen LogP contribution in [0, 0.1) is 11.8 Å². The maximum Gasteiger partial charge on any atom is 0.293 e. The Hall–Kier alpha value is -3.15. The van der Waals surface area contributed by atoms with E-state index in [0.29, 0.717) is 24.5 Å². The number of rotatable bonds is 9. The molecule has 2 heterocycles. The molecule has 7 nitrogen and oxygen atoms in total. The Morgan fingerprint density at radius 3 is 2.42 bits per heavy atom. The van der Waals surface area contributed by atoms with E-state index in [4.69, 9.17) is 16.3 Å². The average molecular weight is 507 g/mol. The number of aromatic hydroxyl groups is 1. The predicted molar refractivity (Wildman–Crippen MR) is 141 cm³/mol. The molecule has 0 spiro atoms. The van der Waals surface area contributed by atoms with E-state index in [2.05, 4.69) is 56.3 Å². The highest BCUT2D eigenvalue weighted by Crippen LogP contribution is 2.21. The molecule has 3 aromatic rings. The highest BCUT2D eigenvalue weighted by Gasteiger charge is 2.16. The van der Waals surface area contributed by atoms with Gasteiger partial charge in [0.1, 0.15) is 0 Å². The second-order valence-electron chi connectivity index (χ2n) is 8.74. The molecule has 1 saturated heterocycles. The van der Waals surface area contributed by atoms with Crippen LogP contribution in [0.15, 0.2) is 59.7 Å². The van der Waals surface area contributed by atoms with Crippen LogP contribution in [0.4, 0.5) is 0 Å². The molecule has 1 fully saturated rings. The van der Waals surface area contributed by atoms with Crippen molar-refractivity contribution in [3.63, 3.8) is 0 Å². The number of hydrogen-bond donors (Lipinski definition) is 3. The minimum absolute atomic E-state index is 0.130. The molecule has 2 aromatic carbocycles. The molecular formula is C28H31ClN4O3. The fourth-order valence-corrected chi connectivity index (χ4v) is 4.21. The third-order valence-corrected chi connectivity index (χ3v) is 6.40. The maximum absolute atomic E-state index is 11.8. The minimum atomic E-state index is -0.542. The van der Waals surface area contributed by atoms with Crippen LogP contribution >= 0.6 is 11.6 Å². The van der Waals surface area contributed by atoms with Gasteiger partial charge in [-0.25, -0.2) is 4.98 Å². The van der Waals surface area contributed by atoms with Crippen LogP contribution in [0.1, 0.15) is 40.4 Å². The lowest BCUT2D eigenvalue weighted by Gasteiger charge is -2.26. The maximum atomic E-state index is 11.8. The second-order valence-corrected chi connectivity index (χ2v) is 9.12. The van der Waals surface area contributed by atoms with E-state index in [0.717, 1.165) is 56.0 Å². The van der Waals surface area contributed by atoms with Crippen LogP contribution in [0.5, 0.6) is 5.75 Å². The SMILES string of the molecule is O=c1[nH]cnc(CC(NCCCCl)c2ccc(C#Cc3ccc(CN4CCOCC4)cc3)cc2)c1O. The van der Waals surface area contributed by atoms with Crippen LogP contribution in [0.2, 0.25) is 0 Å². The monoisotopic (exact) mass is 506 g/mol. The van der Waals surface area contributed by atoms with Crippen molar-refractivity contribution in [3.8, 4) is 17.6 Å². The van der Waals surface area contributed by atoms with Gasteiger partial charge in [0, 0.05) is 49.1 Å². The molecule has 4 rings (SSSR count). The number of nitrogens with one attached hydrogen (secondary N) is 2. The molecule has 0 bridgehead atoms. The van der Waals surface area contributed by atoms with Gasteiger partial charge in [0.25, 0.3) is 5.56 Å². The Morgan fingerprint density at radius 2 is 1.75 bits per heavy atom. The van der Waals surface area contributed by atoms with Gasteiger partial charge in [-0.2, -0.15) is 0 Å². The summed E-state index contributed by atoms with van der Waals surface area (Å²) in [5, 5.41) is 13.6. The predicted octanol–water partition coefficient (Wildman–Crippen LogP) is 3.21. The smallest absolute Gasteiger partial charge is 0.293 e. The van der Waals surface area contributed by atoms with Crippen molar-refractivity contribution in [2.45, 2.75) is 25.4 Å². The zero-order valence-corrected chi connectivity index (χ0v) is 20.9. The quantitative estimate of drug-likeness (QED) is 0.234. The van der Waals surface area contributed by atoms with E-state index < -0.39 is 5.56 Å². The number of aromatic nitrogens is 2. The van der Waals surface area contributed by atoms with Crippen LogP contribution in [0.3, 0.4) is 0 Å². The van der Waals surface area contributed by atoms with Gasteiger partial charge in [-0.05, 0) is 48.4 Å². The summed E-state index contributed by atoms with van der Waals surface area (Å²) >= 11 is 5.84. The molecule has 8 heteroatoms. The van der Waals surface area contributed by atoms with E-state index in [1.165, 1.54) is 11.9 Å². The third kappa shape index (κ3) is 7.42. The van der Waals surface area contributed by atoms with E-state index in [1.54, 1.807) is 0 Å². The summed E-state index contributed by atoms with van der Waals surface area (Å²) in [7, 11) is 0. The van der Waals surface area contributed by atoms with Crippen molar-refractivity contribution < 1.29 is 9.84 Å². The zero-order valence-electron chi connectivity index (χ0n) is 20.2. The molecule has 1 aromatic heterocycles. The van der Waals surface area contributed by atoms with Crippen molar-refractivity contribution in [1.29, 1.82) is 0 Å². The van der Waals surface area contributed by atoms with Gasteiger partial charge in [0.15, 0.2) is 0 Å². The van der Waals surface area contributed by atoms with E-state index >= 15 is 0 Å². The van der Waals surface area contributed by atoms with E-state index in [-0.39, 0.29) is 11.8 Å².